The summed E-state index contributed by atoms with van der Waals surface area (Å²) in [5.74, 6) is -3.62. The van der Waals surface area contributed by atoms with Gasteiger partial charge in [-0.2, -0.15) is 0 Å². The number of halogens is 2. The molecule has 0 heterocycles. The smallest absolute Gasteiger partial charge is 0.306 e. The molecule has 15 heavy (non-hydrogen) atoms. The summed E-state index contributed by atoms with van der Waals surface area (Å²) in [6, 6.07) is 2.56. The lowest BCUT2D eigenvalue weighted by Gasteiger charge is -2.08. The lowest BCUT2D eigenvalue weighted by molar-refractivity contribution is -0.141. The van der Waals surface area contributed by atoms with Gasteiger partial charge < -0.3 is 5.11 Å². The van der Waals surface area contributed by atoms with Gasteiger partial charge in [0.05, 0.1) is 5.92 Å². The summed E-state index contributed by atoms with van der Waals surface area (Å²) in [5.41, 5.74) is 0.698. The van der Waals surface area contributed by atoms with Crippen molar-refractivity contribution in [3.8, 4) is 0 Å². The van der Waals surface area contributed by atoms with Crippen LogP contribution in [0.2, 0.25) is 0 Å². The van der Waals surface area contributed by atoms with Crippen LogP contribution in [0.25, 0.3) is 0 Å². The summed E-state index contributed by atoms with van der Waals surface area (Å²) in [4.78, 5) is 10.6. The zero-order chi connectivity index (χ0) is 11.6. The Kier molecular flexibility index (Phi) is 3.39. The van der Waals surface area contributed by atoms with Gasteiger partial charge in [-0.1, -0.05) is 13.0 Å². The first kappa shape index (κ1) is 11.6. The normalized spacial score (nSPS) is 12.5. The molecule has 0 aliphatic heterocycles. The van der Waals surface area contributed by atoms with Crippen molar-refractivity contribution in [2.75, 3.05) is 0 Å². The molecule has 0 aliphatic carbocycles. The van der Waals surface area contributed by atoms with E-state index in [1.54, 1.807) is 6.92 Å². The molecule has 0 fully saturated rings. The van der Waals surface area contributed by atoms with E-state index in [1.807, 2.05) is 0 Å². The largest absolute Gasteiger partial charge is 0.481 e. The number of aryl methyl sites for hydroxylation is 1. The van der Waals surface area contributed by atoms with E-state index in [4.69, 9.17) is 5.11 Å². The van der Waals surface area contributed by atoms with Gasteiger partial charge in [0.1, 0.15) is 0 Å². The average molecular weight is 214 g/mol. The van der Waals surface area contributed by atoms with E-state index in [2.05, 4.69) is 0 Å². The molecule has 1 aromatic rings. The van der Waals surface area contributed by atoms with Crippen LogP contribution in [0.15, 0.2) is 12.1 Å². The Labute approximate surface area is 86.5 Å². The molecule has 82 valence electrons. The van der Waals surface area contributed by atoms with Crippen molar-refractivity contribution < 1.29 is 18.7 Å². The lowest BCUT2D eigenvalue weighted by Crippen LogP contribution is -2.13. The van der Waals surface area contributed by atoms with Gasteiger partial charge in [0.2, 0.25) is 0 Å². The molecule has 1 unspecified atom stereocenters. The molecule has 1 rings (SSSR count). The molecule has 0 amide bonds. The summed E-state index contributed by atoms with van der Waals surface area (Å²) in [7, 11) is 0. The highest BCUT2D eigenvalue weighted by Gasteiger charge is 2.16. The van der Waals surface area contributed by atoms with Gasteiger partial charge >= 0.3 is 5.97 Å². The first-order valence-electron chi connectivity index (χ1n) is 4.59. The van der Waals surface area contributed by atoms with Crippen LogP contribution >= 0.6 is 0 Å². The second kappa shape index (κ2) is 4.38. The van der Waals surface area contributed by atoms with Gasteiger partial charge in [0.15, 0.2) is 11.6 Å². The van der Waals surface area contributed by atoms with E-state index in [9.17, 15) is 13.6 Å². The van der Waals surface area contributed by atoms with E-state index in [0.717, 1.165) is 6.07 Å². The SMILES string of the molecule is Cc1cc(F)c(F)c(CC(C)C(=O)O)c1. The molecule has 2 nitrogen and oxygen atoms in total. The second-order valence-corrected chi connectivity index (χ2v) is 3.66. The maximum Gasteiger partial charge on any atom is 0.306 e. The minimum Gasteiger partial charge on any atom is -0.481 e. The number of hydrogen-bond donors (Lipinski definition) is 1. The first-order chi connectivity index (χ1) is 6.91. The van der Waals surface area contributed by atoms with Crippen molar-refractivity contribution in [3.63, 3.8) is 0 Å². The molecule has 1 atom stereocenters. The van der Waals surface area contributed by atoms with Crippen molar-refractivity contribution in [1.82, 2.24) is 0 Å². The van der Waals surface area contributed by atoms with Crippen molar-refractivity contribution in [2.24, 2.45) is 5.92 Å². The third-order valence-electron chi connectivity index (χ3n) is 2.20. The highest BCUT2D eigenvalue weighted by atomic mass is 19.2. The van der Waals surface area contributed by atoms with Crippen molar-refractivity contribution in [3.05, 3.63) is 34.9 Å². The third-order valence-corrected chi connectivity index (χ3v) is 2.20. The van der Waals surface area contributed by atoms with Crippen LogP contribution in [0.4, 0.5) is 8.78 Å². The minimum atomic E-state index is -1.02. The van der Waals surface area contributed by atoms with Crippen LogP contribution in [0.3, 0.4) is 0 Å². The predicted molar refractivity (Wildman–Crippen MR) is 51.6 cm³/mol. The second-order valence-electron chi connectivity index (χ2n) is 3.66. The fourth-order valence-corrected chi connectivity index (χ4v) is 1.36. The van der Waals surface area contributed by atoms with E-state index in [0.29, 0.717) is 5.56 Å². The number of carboxylic acid groups (broad SMARTS) is 1. The van der Waals surface area contributed by atoms with Crippen molar-refractivity contribution in [2.45, 2.75) is 20.3 Å². The van der Waals surface area contributed by atoms with E-state index >= 15 is 0 Å². The number of carbonyl (C=O) groups is 1. The molecule has 0 aliphatic rings. The minimum absolute atomic E-state index is 0.000231. The average Bonchev–Trinajstić information content (AvgIpc) is 2.13. The van der Waals surface area contributed by atoms with Gasteiger partial charge in [-0.25, -0.2) is 8.78 Å². The monoisotopic (exact) mass is 214 g/mol. The van der Waals surface area contributed by atoms with E-state index in [1.165, 1.54) is 13.0 Å². The zero-order valence-electron chi connectivity index (χ0n) is 8.55. The number of carboxylic acids is 1. The Morgan fingerprint density at radius 3 is 2.60 bits per heavy atom. The summed E-state index contributed by atoms with van der Waals surface area (Å²) >= 11 is 0. The maximum atomic E-state index is 13.2. The van der Waals surface area contributed by atoms with E-state index in [-0.39, 0.29) is 12.0 Å². The molecule has 0 saturated heterocycles. The summed E-state index contributed by atoms with van der Waals surface area (Å²) in [6.45, 7) is 3.10. The molecular weight excluding hydrogens is 202 g/mol. The highest BCUT2D eigenvalue weighted by Crippen LogP contribution is 2.18. The molecule has 0 aromatic heterocycles. The molecule has 1 N–H and O–H groups in total. The Hall–Kier alpha value is -1.45. The number of benzene rings is 1. The van der Waals surface area contributed by atoms with Crippen molar-refractivity contribution >= 4 is 5.97 Å². The summed E-state index contributed by atoms with van der Waals surface area (Å²) < 4.78 is 26.2. The number of rotatable bonds is 3. The first-order valence-corrected chi connectivity index (χ1v) is 4.59. The van der Waals surface area contributed by atoms with Crippen LogP contribution in [-0.2, 0) is 11.2 Å². The fraction of sp³-hybridized carbons (Fsp3) is 0.364. The van der Waals surface area contributed by atoms with Crippen LogP contribution in [-0.4, -0.2) is 11.1 Å². The molecule has 4 heteroatoms. The van der Waals surface area contributed by atoms with Crippen LogP contribution in [0, 0.1) is 24.5 Å². The molecule has 0 bridgehead atoms. The Bertz CT molecular complexity index is 388. The lowest BCUT2D eigenvalue weighted by atomic mass is 9.99. The topological polar surface area (TPSA) is 37.3 Å². The number of aliphatic carboxylic acids is 1. The molecular formula is C11H12F2O2. The molecule has 0 saturated carbocycles. The van der Waals surface area contributed by atoms with Crippen LogP contribution in [0.1, 0.15) is 18.1 Å². The third kappa shape index (κ3) is 2.75. The predicted octanol–water partition coefficient (Wildman–Crippen LogP) is 2.54. The van der Waals surface area contributed by atoms with Crippen molar-refractivity contribution in [1.29, 1.82) is 0 Å². The van der Waals surface area contributed by atoms with Crippen LogP contribution < -0.4 is 0 Å². The van der Waals surface area contributed by atoms with Gasteiger partial charge in [-0.15, -0.1) is 0 Å². The molecule has 0 spiro atoms. The van der Waals surface area contributed by atoms with Gasteiger partial charge in [0.25, 0.3) is 0 Å². The Balaban J connectivity index is 2.99. The summed E-state index contributed by atoms with van der Waals surface area (Å²) in [5, 5.41) is 8.66. The Morgan fingerprint density at radius 2 is 2.07 bits per heavy atom. The van der Waals surface area contributed by atoms with E-state index < -0.39 is 23.5 Å². The molecule has 0 radical (unpaired) electrons. The number of hydrogen-bond acceptors (Lipinski definition) is 1. The quantitative estimate of drug-likeness (QED) is 0.839. The van der Waals surface area contributed by atoms with Gasteiger partial charge in [-0.3, -0.25) is 4.79 Å². The summed E-state index contributed by atoms with van der Waals surface area (Å²) in [6.07, 6.45) is -0.000231. The van der Waals surface area contributed by atoms with Crippen LogP contribution in [0.5, 0.6) is 0 Å². The van der Waals surface area contributed by atoms with Gasteiger partial charge in [0, 0.05) is 0 Å². The Morgan fingerprint density at radius 1 is 1.47 bits per heavy atom. The maximum absolute atomic E-state index is 13.2. The highest BCUT2D eigenvalue weighted by molar-refractivity contribution is 5.69. The molecule has 1 aromatic carbocycles. The zero-order valence-corrected chi connectivity index (χ0v) is 8.55. The standard InChI is InChI=1S/C11H12F2O2/c1-6-3-8(5-7(2)11(14)15)10(13)9(12)4-6/h3-4,7H,5H2,1-2H3,(H,14,15). The van der Waals surface area contributed by atoms with Gasteiger partial charge in [-0.05, 0) is 30.5 Å². The fourth-order valence-electron chi connectivity index (χ4n) is 1.36.